The molecule has 0 spiro atoms. The third-order valence-electron chi connectivity index (χ3n) is 4.38. The van der Waals surface area contributed by atoms with Gasteiger partial charge in [-0.1, -0.05) is 17.7 Å². The van der Waals surface area contributed by atoms with Crippen molar-refractivity contribution < 1.29 is 18.1 Å². The molecular weight excluding hydrogens is 396 g/mol. The van der Waals surface area contributed by atoms with Crippen molar-refractivity contribution in [2.45, 2.75) is 23.0 Å². The molecule has 27 heavy (non-hydrogen) atoms. The van der Waals surface area contributed by atoms with Crippen LogP contribution in [0.5, 0.6) is 0 Å². The first kappa shape index (κ1) is 21.4. The molecule has 2 amide bonds. The van der Waals surface area contributed by atoms with Crippen LogP contribution >= 0.6 is 11.6 Å². The molecule has 1 unspecified atom stereocenters. The van der Waals surface area contributed by atoms with Crippen molar-refractivity contribution in [3.63, 3.8) is 0 Å². The maximum Gasteiger partial charge on any atom is 0.317 e. The number of para-hydroxylation sites is 1. The molecule has 1 aromatic carbocycles. The van der Waals surface area contributed by atoms with Gasteiger partial charge in [0.2, 0.25) is 0 Å². The molecular formula is C16H23ClN4O5S. The van der Waals surface area contributed by atoms with E-state index in [2.05, 4.69) is 5.32 Å². The first-order valence-corrected chi connectivity index (χ1v) is 10.4. The van der Waals surface area contributed by atoms with Crippen LogP contribution in [0.3, 0.4) is 0 Å². The van der Waals surface area contributed by atoms with Gasteiger partial charge >= 0.3 is 11.7 Å². The van der Waals surface area contributed by atoms with Gasteiger partial charge < -0.3 is 15.1 Å². The molecule has 0 aromatic heterocycles. The third kappa shape index (κ3) is 5.08. The molecule has 1 N–H and O–H groups in total. The molecule has 0 bridgehead atoms. The number of amides is 2. The number of carbonyl (C=O) groups excluding carboxylic acids is 1. The van der Waals surface area contributed by atoms with Crippen molar-refractivity contribution in [3.8, 4) is 0 Å². The summed E-state index contributed by atoms with van der Waals surface area (Å²) in [4.78, 5) is 25.8. The number of carbonyl (C=O) groups is 1. The van der Waals surface area contributed by atoms with E-state index in [0.29, 0.717) is 32.5 Å². The lowest BCUT2D eigenvalue weighted by atomic mass is 10.1. The number of likely N-dealkylation sites (tertiary alicyclic amines) is 1. The minimum Gasteiger partial charge on any atom is -0.337 e. The second-order valence-corrected chi connectivity index (χ2v) is 9.24. The molecule has 0 radical (unpaired) electrons. The van der Waals surface area contributed by atoms with Gasteiger partial charge in [0.25, 0.3) is 0 Å². The van der Waals surface area contributed by atoms with E-state index < -0.39 is 30.6 Å². The lowest BCUT2D eigenvalue weighted by Crippen LogP contribution is -2.50. The molecule has 9 nitrogen and oxygen atoms in total. The smallest absolute Gasteiger partial charge is 0.317 e. The SMILES string of the molecule is CN(C)CCNC(=O)N1CCCC(S(=O)(=O)c2cccc(Cl)c2[N+](=O)[O-])C1. The molecule has 1 atom stereocenters. The van der Waals surface area contributed by atoms with Gasteiger partial charge in [-0.15, -0.1) is 0 Å². The summed E-state index contributed by atoms with van der Waals surface area (Å²) in [6, 6.07) is 3.51. The van der Waals surface area contributed by atoms with E-state index in [1.807, 2.05) is 19.0 Å². The van der Waals surface area contributed by atoms with Crippen molar-refractivity contribution in [1.82, 2.24) is 15.1 Å². The van der Waals surface area contributed by atoms with Crippen LogP contribution in [-0.4, -0.2) is 74.7 Å². The first-order chi connectivity index (χ1) is 12.6. The van der Waals surface area contributed by atoms with Crippen molar-refractivity contribution in [3.05, 3.63) is 33.3 Å². The van der Waals surface area contributed by atoms with E-state index in [1.54, 1.807) is 0 Å². The maximum atomic E-state index is 13.0. The predicted octanol–water partition coefficient (Wildman–Crippen LogP) is 1.76. The number of halogens is 1. The Labute approximate surface area is 163 Å². The normalized spacial score (nSPS) is 17.8. The van der Waals surface area contributed by atoms with Gasteiger partial charge in [-0.25, -0.2) is 13.2 Å². The Bertz CT molecular complexity index is 815. The van der Waals surface area contributed by atoms with Gasteiger partial charge in [0, 0.05) is 26.2 Å². The summed E-state index contributed by atoms with van der Waals surface area (Å²) < 4.78 is 26.0. The number of rotatable bonds is 6. The molecule has 1 fully saturated rings. The van der Waals surface area contributed by atoms with Crippen LogP contribution in [0.15, 0.2) is 23.1 Å². The van der Waals surface area contributed by atoms with Gasteiger partial charge in [-0.3, -0.25) is 10.1 Å². The largest absolute Gasteiger partial charge is 0.337 e. The standard InChI is InChI=1S/C16H23ClN4O5S/c1-19(2)10-8-18-16(22)20-9-4-5-12(11-20)27(25,26)14-7-3-6-13(17)15(14)21(23)24/h3,6-7,12H,4-5,8-11H2,1-2H3,(H,18,22). The molecule has 150 valence electrons. The number of likely N-dealkylation sites (N-methyl/N-ethyl adjacent to an activating group) is 1. The highest BCUT2D eigenvalue weighted by molar-refractivity contribution is 7.92. The minimum absolute atomic E-state index is 0.0141. The van der Waals surface area contributed by atoms with Gasteiger partial charge in [0.05, 0.1) is 10.2 Å². The average molecular weight is 419 g/mol. The number of piperidine rings is 1. The fourth-order valence-electron chi connectivity index (χ4n) is 2.96. The summed E-state index contributed by atoms with van der Waals surface area (Å²) in [5, 5.41) is 12.9. The number of nitrogens with zero attached hydrogens (tertiary/aromatic N) is 3. The van der Waals surface area contributed by atoms with Crippen LogP contribution in [0.1, 0.15) is 12.8 Å². The quantitative estimate of drug-likeness (QED) is 0.556. The number of hydrogen-bond donors (Lipinski definition) is 1. The molecule has 1 aliphatic heterocycles. The van der Waals surface area contributed by atoms with Crippen LogP contribution in [0.4, 0.5) is 10.5 Å². The molecule has 1 aromatic rings. The van der Waals surface area contributed by atoms with E-state index >= 15 is 0 Å². The van der Waals surface area contributed by atoms with E-state index in [1.165, 1.54) is 23.1 Å². The summed E-state index contributed by atoms with van der Waals surface area (Å²) in [5.74, 6) is 0. The summed E-state index contributed by atoms with van der Waals surface area (Å²) >= 11 is 5.85. The number of nitro benzene ring substituents is 1. The number of nitrogens with one attached hydrogen (secondary N) is 1. The monoisotopic (exact) mass is 418 g/mol. The van der Waals surface area contributed by atoms with Gasteiger partial charge in [-0.05, 0) is 39.1 Å². The van der Waals surface area contributed by atoms with Crippen molar-refractivity contribution in [1.29, 1.82) is 0 Å². The average Bonchev–Trinajstić information content (AvgIpc) is 2.60. The van der Waals surface area contributed by atoms with Crippen molar-refractivity contribution in [2.75, 3.05) is 40.3 Å². The Morgan fingerprint density at radius 3 is 2.78 bits per heavy atom. The van der Waals surface area contributed by atoms with Crippen LogP contribution in [-0.2, 0) is 9.84 Å². The first-order valence-electron chi connectivity index (χ1n) is 8.49. The van der Waals surface area contributed by atoms with Crippen LogP contribution in [0.2, 0.25) is 5.02 Å². The Morgan fingerprint density at radius 1 is 1.44 bits per heavy atom. The van der Waals surface area contributed by atoms with E-state index in [4.69, 9.17) is 11.6 Å². The van der Waals surface area contributed by atoms with Gasteiger partial charge in [0.15, 0.2) is 9.84 Å². The predicted molar refractivity (Wildman–Crippen MR) is 102 cm³/mol. The van der Waals surface area contributed by atoms with Gasteiger partial charge in [-0.2, -0.15) is 0 Å². The summed E-state index contributed by atoms with van der Waals surface area (Å²) in [5.41, 5.74) is -0.619. The van der Waals surface area contributed by atoms with E-state index in [0.717, 1.165) is 0 Å². The Balaban J connectivity index is 2.19. The zero-order valence-corrected chi connectivity index (χ0v) is 16.8. The molecule has 2 rings (SSSR count). The highest BCUT2D eigenvalue weighted by Gasteiger charge is 2.38. The fourth-order valence-corrected chi connectivity index (χ4v) is 5.19. The van der Waals surface area contributed by atoms with Crippen LogP contribution < -0.4 is 5.32 Å². The summed E-state index contributed by atoms with van der Waals surface area (Å²) in [7, 11) is -0.252. The summed E-state index contributed by atoms with van der Waals surface area (Å²) in [6.45, 7) is 1.53. The number of benzene rings is 1. The molecule has 0 aliphatic carbocycles. The Morgan fingerprint density at radius 2 is 2.15 bits per heavy atom. The fraction of sp³-hybridized carbons (Fsp3) is 0.562. The number of hydrogen-bond acceptors (Lipinski definition) is 6. The number of urea groups is 1. The lowest BCUT2D eigenvalue weighted by Gasteiger charge is -2.32. The molecule has 1 saturated heterocycles. The van der Waals surface area contributed by atoms with E-state index in [9.17, 15) is 23.3 Å². The molecule has 1 heterocycles. The zero-order chi connectivity index (χ0) is 20.2. The van der Waals surface area contributed by atoms with Gasteiger partial charge in [0.1, 0.15) is 9.92 Å². The number of sulfone groups is 1. The Hall–Kier alpha value is -1.91. The Kier molecular flexibility index (Phi) is 7.01. The maximum absolute atomic E-state index is 13.0. The minimum atomic E-state index is -4.02. The molecule has 1 aliphatic rings. The zero-order valence-electron chi connectivity index (χ0n) is 15.2. The van der Waals surface area contributed by atoms with E-state index in [-0.39, 0.29) is 17.6 Å². The summed E-state index contributed by atoms with van der Waals surface area (Å²) in [6.07, 6.45) is 0.826. The van der Waals surface area contributed by atoms with Crippen LogP contribution in [0.25, 0.3) is 0 Å². The van der Waals surface area contributed by atoms with Crippen molar-refractivity contribution >= 4 is 33.2 Å². The highest BCUT2D eigenvalue weighted by atomic mass is 35.5. The second kappa shape index (κ2) is 8.85. The highest BCUT2D eigenvalue weighted by Crippen LogP contribution is 2.35. The topological polar surface area (TPSA) is 113 Å². The number of nitro groups is 1. The second-order valence-electron chi connectivity index (χ2n) is 6.63. The molecule has 0 saturated carbocycles. The third-order valence-corrected chi connectivity index (χ3v) is 6.89. The lowest BCUT2D eigenvalue weighted by molar-refractivity contribution is -0.387. The van der Waals surface area contributed by atoms with Crippen molar-refractivity contribution in [2.24, 2.45) is 0 Å². The molecule has 11 heteroatoms. The van der Waals surface area contributed by atoms with Crippen LogP contribution in [0, 0.1) is 10.1 Å².